The average molecular weight is 306 g/mol. The zero-order valence-corrected chi connectivity index (χ0v) is 13.5. The van der Waals surface area contributed by atoms with Gasteiger partial charge in [0.1, 0.15) is 5.82 Å². The first-order valence-corrected chi connectivity index (χ1v) is 7.68. The van der Waals surface area contributed by atoms with E-state index in [0.717, 1.165) is 11.1 Å². The third kappa shape index (κ3) is 3.45. The highest BCUT2D eigenvalue weighted by Crippen LogP contribution is 2.23. The van der Waals surface area contributed by atoms with Gasteiger partial charge in [0.2, 0.25) is 0 Å². The molecule has 0 aliphatic heterocycles. The van der Waals surface area contributed by atoms with Gasteiger partial charge in [0.15, 0.2) is 11.6 Å². The zero-order chi connectivity index (χ0) is 18.9. The number of benzene rings is 2. The molecule has 0 spiro atoms. The number of hydrogen-bond acceptors (Lipinski definition) is 3. The van der Waals surface area contributed by atoms with Crippen LogP contribution in [0.5, 0.6) is 0 Å². The Hall–Kier alpha value is -2.55. The Kier molecular flexibility index (Phi) is 3.27. The topological polar surface area (TPSA) is 38.7 Å². The van der Waals surface area contributed by atoms with Gasteiger partial charge in [-0.1, -0.05) is 73.5 Å². The fourth-order valence-electron chi connectivity index (χ4n) is 2.23. The first-order valence-electron chi connectivity index (χ1n) is 9.18. The van der Waals surface area contributed by atoms with Gasteiger partial charge in [0.25, 0.3) is 0 Å². The van der Waals surface area contributed by atoms with Gasteiger partial charge in [-0.05, 0) is 13.8 Å². The Morgan fingerprint density at radius 1 is 0.739 bits per heavy atom. The van der Waals surface area contributed by atoms with Crippen LogP contribution in [-0.2, 0) is 0 Å². The quantitative estimate of drug-likeness (QED) is 0.687. The Labute approximate surface area is 141 Å². The highest BCUT2D eigenvalue weighted by molar-refractivity contribution is 5.61. The third-order valence-corrected chi connectivity index (χ3v) is 3.62. The second-order valence-corrected chi connectivity index (χ2v) is 5.94. The Morgan fingerprint density at radius 3 is 1.65 bits per heavy atom. The first-order chi connectivity index (χ1) is 12.2. The van der Waals surface area contributed by atoms with Gasteiger partial charge in [-0.15, -0.1) is 0 Å². The molecule has 0 bridgehead atoms. The van der Waals surface area contributed by atoms with Crippen molar-refractivity contribution in [2.24, 2.45) is 0 Å². The minimum absolute atomic E-state index is 0.155. The molecule has 0 fully saturated rings. The molecule has 3 nitrogen and oxygen atoms in total. The Morgan fingerprint density at radius 2 is 1.22 bits per heavy atom. The average Bonchev–Trinajstić information content (AvgIpc) is 2.61. The van der Waals surface area contributed by atoms with Gasteiger partial charge in [-0.2, -0.15) is 0 Å². The van der Waals surface area contributed by atoms with Crippen molar-refractivity contribution in [1.29, 1.82) is 0 Å². The van der Waals surface area contributed by atoms with E-state index in [0.29, 0.717) is 23.0 Å². The fourth-order valence-corrected chi connectivity index (χ4v) is 2.23. The van der Waals surface area contributed by atoms with Crippen LogP contribution >= 0.6 is 0 Å². The lowest BCUT2D eigenvalue weighted by Crippen LogP contribution is -2.04. The summed E-state index contributed by atoms with van der Waals surface area (Å²) < 4.78 is 22.5. The molecule has 3 rings (SSSR count). The molecule has 0 radical (unpaired) electrons. The van der Waals surface area contributed by atoms with Crippen LogP contribution in [0.1, 0.15) is 40.8 Å². The van der Waals surface area contributed by atoms with Crippen molar-refractivity contribution in [2.45, 2.75) is 33.5 Å². The summed E-state index contributed by atoms with van der Waals surface area (Å²) in [6.07, 6.45) is 0. The van der Waals surface area contributed by atoms with E-state index in [9.17, 15) is 0 Å². The third-order valence-electron chi connectivity index (χ3n) is 3.62. The molecule has 116 valence electrons. The van der Waals surface area contributed by atoms with Crippen molar-refractivity contribution in [3.8, 4) is 22.8 Å². The maximum Gasteiger partial charge on any atom is 0.163 e. The minimum atomic E-state index is -2.12. The molecule has 0 unspecified atom stereocenters. The predicted molar refractivity (Wildman–Crippen MR) is 94.3 cm³/mol. The molecule has 1 aromatic heterocycles. The molecular formula is C20H21N3. The summed E-state index contributed by atoms with van der Waals surface area (Å²) in [6, 6.07) is 14.8. The lowest BCUT2D eigenvalue weighted by atomic mass is 10.1. The number of rotatable bonds is 3. The molecule has 1 heterocycles. The number of aryl methyl sites for hydroxylation is 2. The molecule has 0 aliphatic carbocycles. The maximum absolute atomic E-state index is 7.49. The van der Waals surface area contributed by atoms with Crippen LogP contribution in [-0.4, -0.2) is 15.0 Å². The largest absolute Gasteiger partial charge is 0.213 e. The summed E-state index contributed by atoms with van der Waals surface area (Å²) in [6.45, 7) is 3.99. The lowest BCUT2D eigenvalue weighted by molar-refractivity contribution is 0.766. The Balaban J connectivity index is 2.08. The summed E-state index contributed by atoms with van der Waals surface area (Å²) in [4.78, 5) is 13.8. The van der Waals surface area contributed by atoms with E-state index in [1.807, 2.05) is 45.0 Å². The van der Waals surface area contributed by atoms with Crippen molar-refractivity contribution >= 4 is 0 Å². The molecule has 0 amide bonds. The van der Waals surface area contributed by atoms with E-state index in [2.05, 4.69) is 15.0 Å². The van der Waals surface area contributed by atoms with Crippen LogP contribution in [0.3, 0.4) is 0 Å². The van der Waals surface area contributed by atoms with Crippen LogP contribution < -0.4 is 0 Å². The molecular weight excluding hydrogens is 282 g/mol. The van der Waals surface area contributed by atoms with Crippen molar-refractivity contribution < 1.29 is 4.11 Å². The molecule has 0 saturated carbocycles. The van der Waals surface area contributed by atoms with Crippen LogP contribution in [0.15, 0.2) is 48.5 Å². The van der Waals surface area contributed by atoms with Gasteiger partial charge in [-0.25, -0.2) is 15.0 Å². The normalized spacial score (nSPS) is 13.5. The predicted octanol–water partition coefficient (Wildman–Crippen LogP) is 4.95. The number of nitrogens with zero attached hydrogens (tertiary/aromatic N) is 3. The highest BCUT2D eigenvalue weighted by atomic mass is 15.0. The maximum atomic E-state index is 7.49. The molecule has 0 N–H and O–H groups in total. The van der Waals surface area contributed by atoms with E-state index in [4.69, 9.17) is 4.11 Å². The van der Waals surface area contributed by atoms with Crippen LogP contribution in [0, 0.1) is 13.8 Å². The highest BCUT2D eigenvalue weighted by Gasteiger charge is 2.12. The fraction of sp³-hybridized carbons (Fsp3) is 0.250. The van der Waals surface area contributed by atoms with Crippen LogP contribution in [0.25, 0.3) is 22.8 Å². The molecule has 3 aromatic rings. The molecule has 3 heteroatoms. The standard InChI is InChI=1S/C20H21N3/c1-13(2)18-21-19(16-9-5-14(3)6-10-16)23-20(22-18)17-11-7-15(4)8-12-17/h5-13H,1-4H3/i3D3. The second-order valence-electron chi connectivity index (χ2n) is 5.94. The van der Waals surface area contributed by atoms with Gasteiger partial charge in [0.05, 0.1) is 0 Å². The van der Waals surface area contributed by atoms with E-state index in [-0.39, 0.29) is 5.92 Å². The van der Waals surface area contributed by atoms with E-state index in [1.54, 1.807) is 24.3 Å². The smallest absolute Gasteiger partial charge is 0.163 e. The van der Waals surface area contributed by atoms with Gasteiger partial charge >= 0.3 is 0 Å². The second kappa shape index (κ2) is 6.29. The van der Waals surface area contributed by atoms with Gasteiger partial charge in [-0.3, -0.25) is 0 Å². The van der Waals surface area contributed by atoms with E-state index >= 15 is 0 Å². The van der Waals surface area contributed by atoms with Crippen molar-refractivity contribution in [1.82, 2.24) is 15.0 Å². The van der Waals surface area contributed by atoms with E-state index < -0.39 is 6.85 Å². The molecule has 23 heavy (non-hydrogen) atoms. The summed E-state index contributed by atoms with van der Waals surface area (Å²) >= 11 is 0. The Bertz CT molecular complexity index is 899. The lowest BCUT2D eigenvalue weighted by Gasteiger charge is -2.10. The summed E-state index contributed by atoms with van der Waals surface area (Å²) in [5, 5.41) is 0. The SMILES string of the molecule is [2H]C([2H])([2H])c1ccc(-c2nc(-c3ccc(C)cc3)nc(C(C)C)n2)cc1. The molecule has 0 saturated heterocycles. The molecule has 2 aromatic carbocycles. The monoisotopic (exact) mass is 306 g/mol. The van der Waals surface area contributed by atoms with Crippen molar-refractivity contribution in [3.05, 3.63) is 65.5 Å². The number of hydrogen-bond donors (Lipinski definition) is 0. The van der Waals surface area contributed by atoms with Crippen molar-refractivity contribution in [3.63, 3.8) is 0 Å². The van der Waals surface area contributed by atoms with Crippen molar-refractivity contribution in [2.75, 3.05) is 0 Å². The summed E-state index contributed by atoms with van der Waals surface area (Å²) in [7, 11) is 0. The molecule has 0 atom stereocenters. The minimum Gasteiger partial charge on any atom is -0.213 e. The summed E-state index contributed by atoms with van der Waals surface area (Å²) in [5.74, 6) is 2.04. The first kappa shape index (κ1) is 11.9. The summed E-state index contributed by atoms with van der Waals surface area (Å²) in [5.41, 5.74) is 3.18. The van der Waals surface area contributed by atoms with Gasteiger partial charge in [0, 0.05) is 21.2 Å². The van der Waals surface area contributed by atoms with E-state index in [1.165, 1.54) is 5.56 Å². The van der Waals surface area contributed by atoms with Crippen LogP contribution in [0.4, 0.5) is 0 Å². The number of aromatic nitrogens is 3. The zero-order valence-electron chi connectivity index (χ0n) is 16.5. The van der Waals surface area contributed by atoms with Crippen LogP contribution in [0.2, 0.25) is 0 Å². The molecule has 0 aliphatic rings. The van der Waals surface area contributed by atoms with Gasteiger partial charge < -0.3 is 0 Å².